The maximum atomic E-state index is 10.8. The molecule has 1 aromatic heterocycles. The molecule has 0 aliphatic carbocycles. The fourth-order valence-corrected chi connectivity index (χ4v) is 0.641. The van der Waals surface area contributed by atoms with Gasteiger partial charge in [0.2, 0.25) is 5.76 Å². The topological polar surface area (TPSA) is 65.7 Å². The zero-order valence-corrected chi connectivity index (χ0v) is 6.27. The first-order chi connectivity index (χ1) is 5.77. The second-order valence-electron chi connectivity index (χ2n) is 1.82. The quantitative estimate of drug-likeness (QED) is 0.491. The monoisotopic (exact) mass is 170 g/mol. The van der Waals surface area contributed by atoms with Crippen molar-refractivity contribution < 1.29 is 23.5 Å². The standard InChI is InChI=1S/C7H6O5/c1-10-7(9)5-2-3-6(12-5)11-4-8/h2-4H,1H3. The molecule has 5 heteroatoms. The van der Waals surface area contributed by atoms with Gasteiger partial charge in [0, 0.05) is 6.07 Å². The van der Waals surface area contributed by atoms with Gasteiger partial charge in [-0.15, -0.1) is 0 Å². The molecule has 0 aliphatic rings. The Bertz CT molecular complexity index is 288. The molecule has 12 heavy (non-hydrogen) atoms. The second-order valence-corrected chi connectivity index (χ2v) is 1.82. The maximum absolute atomic E-state index is 10.8. The molecule has 64 valence electrons. The fourth-order valence-electron chi connectivity index (χ4n) is 0.641. The molecule has 0 saturated heterocycles. The van der Waals surface area contributed by atoms with E-state index in [1.54, 1.807) is 0 Å². The molecule has 0 aromatic carbocycles. The molecule has 0 spiro atoms. The molecule has 5 nitrogen and oxygen atoms in total. The summed E-state index contributed by atoms with van der Waals surface area (Å²) in [7, 11) is 1.23. The number of hydrogen-bond donors (Lipinski definition) is 0. The van der Waals surface area contributed by atoms with Crippen LogP contribution in [0.1, 0.15) is 10.6 Å². The van der Waals surface area contributed by atoms with Crippen molar-refractivity contribution in [2.24, 2.45) is 0 Å². The van der Waals surface area contributed by atoms with Gasteiger partial charge in [-0.25, -0.2) is 4.79 Å². The molecule has 0 bridgehead atoms. The maximum Gasteiger partial charge on any atom is 0.374 e. The van der Waals surface area contributed by atoms with Crippen LogP contribution >= 0.6 is 0 Å². The molecule has 1 rings (SSSR count). The molecule has 1 aromatic rings. The minimum atomic E-state index is -0.615. The SMILES string of the molecule is COC(=O)c1ccc(OC=O)o1. The number of esters is 1. The van der Waals surface area contributed by atoms with Gasteiger partial charge in [-0.2, -0.15) is 0 Å². The number of hydrogen-bond acceptors (Lipinski definition) is 5. The van der Waals surface area contributed by atoms with Crippen LogP contribution in [-0.4, -0.2) is 19.6 Å². The van der Waals surface area contributed by atoms with Crippen molar-refractivity contribution in [3.63, 3.8) is 0 Å². The summed E-state index contributed by atoms with van der Waals surface area (Å²) in [6.45, 7) is 0.208. The fraction of sp³-hybridized carbons (Fsp3) is 0.143. The summed E-state index contributed by atoms with van der Waals surface area (Å²) in [5.41, 5.74) is 0. The third-order valence-electron chi connectivity index (χ3n) is 1.13. The van der Waals surface area contributed by atoms with E-state index in [9.17, 15) is 9.59 Å². The first-order valence-corrected chi connectivity index (χ1v) is 3.06. The molecule has 0 fully saturated rings. The Morgan fingerprint density at radius 2 is 2.33 bits per heavy atom. The molecule has 0 amide bonds. The van der Waals surface area contributed by atoms with Gasteiger partial charge in [0.25, 0.3) is 5.95 Å². The molecular weight excluding hydrogens is 164 g/mol. The molecular formula is C7H6O5. The summed E-state index contributed by atoms with van der Waals surface area (Å²) in [5, 5.41) is 0. The van der Waals surface area contributed by atoms with Crippen molar-refractivity contribution in [2.45, 2.75) is 0 Å². The number of ether oxygens (including phenoxy) is 2. The van der Waals surface area contributed by atoms with E-state index in [0.717, 1.165) is 0 Å². The van der Waals surface area contributed by atoms with E-state index in [1.807, 2.05) is 0 Å². The van der Waals surface area contributed by atoms with Crippen molar-refractivity contribution in [3.05, 3.63) is 17.9 Å². The highest BCUT2D eigenvalue weighted by atomic mass is 16.6. The largest absolute Gasteiger partial charge is 0.463 e. The summed E-state index contributed by atoms with van der Waals surface area (Å²) < 4.78 is 13.4. The normalized spacial score (nSPS) is 9.08. The van der Waals surface area contributed by atoms with Crippen LogP contribution in [0.5, 0.6) is 5.95 Å². The van der Waals surface area contributed by atoms with E-state index in [-0.39, 0.29) is 18.2 Å². The van der Waals surface area contributed by atoms with Crippen LogP contribution in [0.15, 0.2) is 16.5 Å². The average molecular weight is 170 g/mol. The average Bonchev–Trinajstić information content (AvgIpc) is 2.52. The van der Waals surface area contributed by atoms with Gasteiger partial charge in [-0.05, 0) is 6.07 Å². The minimum absolute atomic E-state index is 0.00523. The molecule has 1 heterocycles. The number of furan rings is 1. The van der Waals surface area contributed by atoms with Crippen LogP contribution in [0, 0.1) is 0 Å². The van der Waals surface area contributed by atoms with Crippen LogP contribution in [0.3, 0.4) is 0 Å². The first kappa shape index (κ1) is 8.32. The summed E-state index contributed by atoms with van der Waals surface area (Å²) in [5.74, 6) is -0.657. The van der Waals surface area contributed by atoms with Gasteiger partial charge in [0.1, 0.15) is 0 Å². The second kappa shape index (κ2) is 3.56. The molecule has 0 aliphatic heterocycles. The van der Waals surface area contributed by atoms with Crippen molar-refractivity contribution in [1.82, 2.24) is 0 Å². The molecule has 0 saturated carbocycles. The minimum Gasteiger partial charge on any atom is -0.463 e. The van der Waals surface area contributed by atoms with Gasteiger partial charge < -0.3 is 13.9 Å². The van der Waals surface area contributed by atoms with E-state index in [2.05, 4.69) is 9.47 Å². The lowest BCUT2D eigenvalue weighted by molar-refractivity contribution is -0.121. The summed E-state index contributed by atoms with van der Waals surface area (Å²) in [4.78, 5) is 20.6. The Kier molecular flexibility index (Phi) is 2.47. The van der Waals surface area contributed by atoms with Crippen molar-refractivity contribution in [2.75, 3.05) is 7.11 Å². The zero-order chi connectivity index (χ0) is 8.97. The third-order valence-corrected chi connectivity index (χ3v) is 1.13. The van der Waals surface area contributed by atoms with Gasteiger partial charge >= 0.3 is 12.4 Å². The summed E-state index contributed by atoms with van der Waals surface area (Å²) >= 11 is 0. The Morgan fingerprint density at radius 3 is 2.92 bits per heavy atom. The lowest BCUT2D eigenvalue weighted by Gasteiger charge is -1.92. The van der Waals surface area contributed by atoms with E-state index in [1.165, 1.54) is 19.2 Å². The predicted molar refractivity (Wildman–Crippen MR) is 36.7 cm³/mol. The van der Waals surface area contributed by atoms with Crippen molar-refractivity contribution in [1.29, 1.82) is 0 Å². The number of rotatable bonds is 3. The lowest BCUT2D eigenvalue weighted by Crippen LogP contribution is -1.98. The number of carbonyl (C=O) groups is 2. The lowest BCUT2D eigenvalue weighted by atomic mass is 10.5. The van der Waals surface area contributed by atoms with Crippen LogP contribution in [0.25, 0.3) is 0 Å². The van der Waals surface area contributed by atoms with Crippen LogP contribution < -0.4 is 4.74 Å². The number of carbonyl (C=O) groups excluding carboxylic acids is 2. The van der Waals surface area contributed by atoms with Crippen LogP contribution in [-0.2, 0) is 9.53 Å². The summed E-state index contributed by atoms with van der Waals surface area (Å²) in [6, 6.07) is 2.70. The van der Waals surface area contributed by atoms with E-state index in [0.29, 0.717) is 0 Å². The predicted octanol–water partition coefficient (Wildman–Crippen LogP) is 0.601. The van der Waals surface area contributed by atoms with E-state index < -0.39 is 5.97 Å². The van der Waals surface area contributed by atoms with Gasteiger partial charge in [-0.3, -0.25) is 4.79 Å². The Balaban J connectivity index is 2.76. The van der Waals surface area contributed by atoms with Crippen LogP contribution in [0.4, 0.5) is 0 Å². The Hall–Kier alpha value is -1.78. The van der Waals surface area contributed by atoms with E-state index in [4.69, 9.17) is 4.42 Å². The van der Waals surface area contributed by atoms with Gasteiger partial charge in [0.15, 0.2) is 0 Å². The van der Waals surface area contributed by atoms with Crippen molar-refractivity contribution in [3.8, 4) is 5.95 Å². The smallest absolute Gasteiger partial charge is 0.374 e. The number of methoxy groups -OCH3 is 1. The highest BCUT2D eigenvalue weighted by molar-refractivity contribution is 5.86. The van der Waals surface area contributed by atoms with Gasteiger partial charge in [-0.1, -0.05) is 0 Å². The Morgan fingerprint density at radius 1 is 1.58 bits per heavy atom. The highest BCUT2D eigenvalue weighted by Gasteiger charge is 2.10. The summed E-state index contributed by atoms with van der Waals surface area (Å²) in [6.07, 6.45) is 0. The zero-order valence-electron chi connectivity index (χ0n) is 6.27. The first-order valence-electron chi connectivity index (χ1n) is 3.06. The molecule has 0 radical (unpaired) electrons. The molecule has 0 N–H and O–H groups in total. The Labute approximate surface area is 67.9 Å². The molecule has 0 atom stereocenters. The van der Waals surface area contributed by atoms with E-state index >= 15 is 0 Å². The van der Waals surface area contributed by atoms with Crippen molar-refractivity contribution >= 4 is 12.4 Å². The molecule has 0 unspecified atom stereocenters. The third kappa shape index (κ3) is 1.63. The van der Waals surface area contributed by atoms with Crippen LogP contribution in [0.2, 0.25) is 0 Å². The highest BCUT2D eigenvalue weighted by Crippen LogP contribution is 2.15. The van der Waals surface area contributed by atoms with Gasteiger partial charge in [0.05, 0.1) is 7.11 Å².